The maximum atomic E-state index is 5.82. The zero-order valence-electron chi connectivity index (χ0n) is 9.17. The van der Waals surface area contributed by atoms with Crippen molar-refractivity contribution in [3.8, 4) is 0 Å². The van der Waals surface area contributed by atoms with E-state index in [1.165, 1.54) is 11.3 Å². The van der Waals surface area contributed by atoms with Crippen LogP contribution in [0, 0.1) is 12.3 Å². The van der Waals surface area contributed by atoms with Crippen molar-refractivity contribution in [2.24, 2.45) is 5.41 Å². The van der Waals surface area contributed by atoms with E-state index in [4.69, 9.17) is 5.73 Å². The van der Waals surface area contributed by atoms with Crippen LogP contribution in [-0.2, 0) is 0 Å². The van der Waals surface area contributed by atoms with Gasteiger partial charge in [0.25, 0.3) is 0 Å². The largest absolute Gasteiger partial charge is 0.399 e. The van der Waals surface area contributed by atoms with Gasteiger partial charge in [0.15, 0.2) is 0 Å². The quantitative estimate of drug-likeness (QED) is 0.689. The number of aryl methyl sites for hydroxylation is 1. The Balaban J connectivity index is 2.18. The molecule has 1 heterocycles. The maximum absolute atomic E-state index is 5.82. The van der Waals surface area contributed by atoms with Crippen molar-refractivity contribution in [1.82, 2.24) is 0 Å². The van der Waals surface area contributed by atoms with Crippen LogP contribution in [0.2, 0.25) is 0 Å². The molecule has 1 fully saturated rings. The average Bonchev–Trinajstić information content (AvgIpc) is 1.97. The molecule has 1 aliphatic rings. The Morgan fingerprint density at radius 1 is 1.21 bits per heavy atom. The van der Waals surface area contributed by atoms with Gasteiger partial charge in [-0.1, -0.05) is 13.8 Å². The first kappa shape index (κ1) is 9.38. The third kappa shape index (κ3) is 1.69. The predicted molar refractivity (Wildman–Crippen MR) is 61.6 cm³/mol. The summed E-state index contributed by atoms with van der Waals surface area (Å²) in [6.45, 7) is 8.95. The van der Waals surface area contributed by atoms with E-state index >= 15 is 0 Å². The number of hydrogen-bond donors (Lipinski definition) is 1. The van der Waals surface area contributed by atoms with Crippen molar-refractivity contribution in [3.63, 3.8) is 0 Å². The molecule has 0 aliphatic carbocycles. The minimum Gasteiger partial charge on any atom is -0.399 e. The summed E-state index contributed by atoms with van der Waals surface area (Å²) in [5, 5.41) is 0. The molecule has 0 aromatic heterocycles. The highest BCUT2D eigenvalue weighted by atomic mass is 15.2. The van der Waals surface area contributed by atoms with Crippen molar-refractivity contribution >= 4 is 11.4 Å². The number of benzene rings is 1. The summed E-state index contributed by atoms with van der Waals surface area (Å²) < 4.78 is 0. The predicted octanol–water partition coefficient (Wildman–Crippen LogP) is 2.42. The molecule has 0 spiro atoms. The van der Waals surface area contributed by atoms with E-state index < -0.39 is 0 Å². The molecule has 2 nitrogen and oxygen atoms in total. The second kappa shape index (κ2) is 2.91. The van der Waals surface area contributed by atoms with E-state index in [1.807, 2.05) is 6.07 Å². The Morgan fingerprint density at radius 3 is 2.36 bits per heavy atom. The van der Waals surface area contributed by atoms with Crippen LogP contribution in [0.15, 0.2) is 18.2 Å². The molecule has 0 bridgehead atoms. The van der Waals surface area contributed by atoms with E-state index in [2.05, 4.69) is 37.8 Å². The Labute approximate surface area is 85.7 Å². The van der Waals surface area contributed by atoms with Crippen molar-refractivity contribution in [1.29, 1.82) is 0 Å². The number of hydrogen-bond acceptors (Lipinski definition) is 2. The normalized spacial score (nSPS) is 19.2. The van der Waals surface area contributed by atoms with Gasteiger partial charge in [-0.3, -0.25) is 0 Å². The molecule has 2 rings (SSSR count). The van der Waals surface area contributed by atoms with Gasteiger partial charge in [0, 0.05) is 24.5 Å². The second-order valence-corrected chi connectivity index (χ2v) is 5.12. The van der Waals surface area contributed by atoms with Gasteiger partial charge in [-0.2, -0.15) is 0 Å². The van der Waals surface area contributed by atoms with E-state index in [9.17, 15) is 0 Å². The zero-order chi connectivity index (χ0) is 10.3. The van der Waals surface area contributed by atoms with Crippen molar-refractivity contribution in [2.45, 2.75) is 20.8 Å². The molecule has 1 saturated heterocycles. The van der Waals surface area contributed by atoms with Gasteiger partial charge < -0.3 is 10.6 Å². The van der Waals surface area contributed by atoms with Gasteiger partial charge in [0.1, 0.15) is 0 Å². The van der Waals surface area contributed by atoms with Crippen LogP contribution in [0.3, 0.4) is 0 Å². The molecule has 76 valence electrons. The first-order chi connectivity index (χ1) is 6.46. The van der Waals surface area contributed by atoms with Gasteiger partial charge in [0.2, 0.25) is 0 Å². The lowest BCUT2D eigenvalue weighted by molar-refractivity contribution is 0.276. The maximum Gasteiger partial charge on any atom is 0.0389 e. The number of nitrogen functional groups attached to an aromatic ring is 1. The van der Waals surface area contributed by atoms with Crippen LogP contribution in [0.5, 0.6) is 0 Å². The highest BCUT2D eigenvalue weighted by Gasteiger charge is 2.34. The molecule has 0 unspecified atom stereocenters. The second-order valence-electron chi connectivity index (χ2n) is 5.12. The number of anilines is 2. The lowest BCUT2D eigenvalue weighted by Crippen LogP contribution is -2.53. The van der Waals surface area contributed by atoms with E-state index in [0.717, 1.165) is 18.8 Å². The summed E-state index contributed by atoms with van der Waals surface area (Å²) in [7, 11) is 0. The fourth-order valence-electron chi connectivity index (χ4n) is 2.14. The van der Waals surface area contributed by atoms with E-state index in [0.29, 0.717) is 5.41 Å². The van der Waals surface area contributed by atoms with E-state index in [1.54, 1.807) is 0 Å². The topological polar surface area (TPSA) is 29.3 Å². The highest BCUT2D eigenvalue weighted by Crippen LogP contribution is 2.34. The summed E-state index contributed by atoms with van der Waals surface area (Å²) >= 11 is 0. The van der Waals surface area contributed by atoms with Gasteiger partial charge in [0.05, 0.1) is 0 Å². The molecule has 14 heavy (non-hydrogen) atoms. The van der Waals surface area contributed by atoms with Crippen LogP contribution >= 0.6 is 0 Å². The summed E-state index contributed by atoms with van der Waals surface area (Å²) in [4.78, 5) is 2.38. The molecule has 1 aromatic carbocycles. The molecule has 0 atom stereocenters. The van der Waals surface area contributed by atoms with E-state index in [-0.39, 0.29) is 0 Å². The lowest BCUT2D eigenvalue weighted by atomic mass is 9.84. The van der Waals surface area contributed by atoms with Crippen molar-refractivity contribution in [3.05, 3.63) is 23.8 Å². The molecule has 1 aromatic rings. The number of nitrogens with two attached hydrogens (primary N) is 1. The zero-order valence-corrected chi connectivity index (χ0v) is 9.17. The SMILES string of the molecule is Cc1cc(N)cc(N2CC(C)(C)C2)c1. The molecule has 0 saturated carbocycles. The van der Waals surface area contributed by atoms with Crippen LogP contribution < -0.4 is 10.6 Å². The molecule has 2 N–H and O–H groups in total. The molecule has 0 amide bonds. The van der Waals surface area contributed by atoms with Gasteiger partial charge in [-0.15, -0.1) is 0 Å². The monoisotopic (exact) mass is 190 g/mol. The molecule has 1 aliphatic heterocycles. The van der Waals surface area contributed by atoms with Crippen LogP contribution in [0.4, 0.5) is 11.4 Å². The molecule has 2 heteroatoms. The first-order valence-electron chi connectivity index (χ1n) is 5.08. The molecular formula is C12H18N2. The molecule has 0 radical (unpaired) electrons. The Kier molecular flexibility index (Phi) is 1.95. The Hall–Kier alpha value is -1.18. The average molecular weight is 190 g/mol. The van der Waals surface area contributed by atoms with Gasteiger partial charge in [-0.25, -0.2) is 0 Å². The lowest BCUT2D eigenvalue weighted by Gasteiger charge is -2.47. The fourth-order valence-corrected chi connectivity index (χ4v) is 2.14. The van der Waals surface area contributed by atoms with Crippen LogP contribution in [0.1, 0.15) is 19.4 Å². The third-order valence-corrected chi connectivity index (χ3v) is 2.69. The standard InChI is InChI=1S/C12H18N2/c1-9-4-10(13)6-11(5-9)14-7-12(2,3)8-14/h4-6H,7-8,13H2,1-3H3. The van der Waals surface area contributed by atoms with Crippen molar-refractivity contribution in [2.75, 3.05) is 23.7 Å². The highest BCUT2D eigenvalue weighted by molar-refractivity contribution is 5.59. The Bertz CT molecular complexity index is 327. The molecular weight excluding hydrogens is 172 g/mol. The van der Waals surface area contributed by atoms with Crippen LogP contribution in [-0.4, -0.2) is 13.1 Å². The van der Waals surface area contributed by atoms with Crippen molar-refractivity contribution < 1.29 is 0 Å². The fraction of sp³-hybridized carbons (Fsp3) is 0.500. The number of nitrogens with zero attached hydrogens (tertiary/aromatic N) is 1. The number of rotatable bonds is 1. The Morgan fingerprint density at radius 2 is 1.86 bits per heavy atom. The first-order valence-corrected chi connectivity index (χ1v) is 5.08. The summed E-state index contributed by atoms with van der Waals surface area (Å²) in [6, 6.07) is 6.27. The van der Waals surface area contributed by atoms with Gasteiger partial charge in [-0.05, 0) is 36.1 Å². The van der Waals surface area contributed by atoms with Gasteiger partial charge >= 0.3 is 0 Å². The van der Waals surface area contributed by atoms with Crippen LogP contribution in [0.25, 0.3) is 0 Å². The smallest absolute Gasteiger partial charge is 0.0389 e. The minimum absolute atomic E-state index is 0.471. The summed E-state index contributed by atoms with van der Waals surface area (Å²) in [6.07, 6.45) is 0. The minimum atomic E-state index is 0.471. The third-order valence-electron chi connectivity index (χ3n) is 2.69. The summed E-state index contributed by atoms with van der Waals surface area (Å²) in [5.41, 5.74) is 9.66. The summed E-state index contributed by atoms with van der Waals surface area (Å²) in [5.74, 6) is 0.